The second-order valence-corrected chi connectivity index (χ2v) is 9.01. The molecule has 0 saturated heterocycles. The number of thioether (sulfide) groups is 1. The number of oxime groups is 1. The van der Waals surface area contributed by atoms with Crippen LogP contribution >= 0.6 is 11.8 Å². The summed E-state index contributed by atoms with van der Waals surface area (Å²) in [5.74, 6) is 0.790. The number of carboxylic acid groups (broad SMARTS) is 1. The summed E-state index contributed by atoms with van der Waals surface area (Å²) in [7, 11) is 0. The summed E-state index contributed by atoms with van der Waals surface area (Å²) in [6.07, 6.45) is 3.24. The third kappa shape index (κ3) is 7.92. The van der Waals surface area contributed by atoms with Gasteiger partial charge in [0.2, 0.25) is 0 Å². The fourth-order valence-electron chi connectivity index (χ4n) is 3.22. The van der Waals surface area contributed by atoms with Crippen LogP contribution < -0.4 is 4.74 Å². The first-order valence-corrected chi connectivity index (χ1v) is 12.4. The summed E-state index contributed by atoms with van der Waals surface area (Å²) in [5, 5.41) is 13.1. The van der Waals surface area contributed by atoms with E-state index in [0.29, 0.717) is 25.4 Å². The van der Waals surface area contributed by atoms with Gasteiger partial charge in [-0.15, -0.1) is 11.8 Å². The molecule has 6 nitrogen and oxygen atoms in total. The number of carboxylic acids is 1. The Balaban J connectivity index is 1.42. The Morgan fingerprint density at radius 1 is 1.06 bits per heavy atom. The molecule has 0 aliphatic carbocycles. The molecule has 7 heteroatoms. The van der Waals surface area contributed by atoms with E-state index in [0.717, 1.165) is 40.3 Å². The Labute approximate surface area is 205 Å². The monoisotopic (exact) mass is 478 g/mol. The van der Waals surface area contributed by atoms with Crippen LogP contribution in [-0.2, 0) is 16.1 Å². The summed E-state index contributed by atoms with van der Waals surface area (Å²) >= 11 is 1.49. The molecule has 3 aromatic rings. The SMILES string of the molecule is CCCSC(Cc1ccc(OCCON=C(C)c2ccc(-c3ccccn3)cc2)cc1)C(=O)O. The molecular formula is C27H30N2O4S. The van der Waals surface area contributed by atoms with Crippen molar-refractivity contribution < 1.29 is 19.5 Å². The Morgan fingerprint density at radius 2 is 1.82 bits per heavy atom. The van der Waals surface area contributed by atoms with Crippen LogP contribution in [0.3, 0.4) is 0 Å². The second kappa shape index (κ2) is 13.4. The van der Waals surface area contributed by atoms with Crippen LogP contribution in [0.25, 0.3) is 11.3 Å². The lowest BCUT2D eigenvalue weighted by Crippen LogP contribution is -2.19. The van der Waals surface area contributed by atoms with Crippen LogP contribution in [0, 0.1) is 0 Å². The van der Waals surface area contributed by atoms with E-state index in [2.05, 4.69) is 17.1 Å². The molecule has 3 rings (SSSR count). The fourth-order valence-corrected chi connectivity index (χ4v) is 4.19. The zero-order valence-corrected chi connectivity index (χ0v) is 20.3. The lowest BCUT2D eigenvalue weighted by molar-refractivity contribution is -0.136. The minimum atomic E-state index is -0.768. The molecule has 1 aromatic heterocycles. The van der Waals surface area contributed by atoms with Crippen molar-refractivity contribution >= 4 is 23.4 Å². The van der Waals surface area contributed by atoms with Gasteiger partial charge in [-0.1, -0.05) is 54.5 Å². The van der Waals surface area contributed by atoms with Crippen LogP contribution in [0.5, 0.6) is 5.75 Å². The first-order chi connectivity index (χ1) is 16.6. The molecule has 1 heterocycles. The van der Waals surface area contributed by atoms with E-state index in [1.165, 1.54) is 11.8 Å². The highest BCUT2D eigenvalue weighted by molar-refractivity contribution is 8.00. The van der Waals surface area contributed by atoms with Crippen molar-refractivity contribution in [3.8, 4) is 17.0 Å². The largest absolute Gasteiger partial charge is 0.490 e. The van der Waals surface area contributed by atoms with Crippen molar-refractivity contribution in [1.82, 2.24) is 4.98 Å². The molecule has 0 bridgehead atoms. The molecule has 0 saturated carbocycles. The fraction of sp³-hybridized carbons (Fsp3) is 0.296. The van der Waals surface area contributed by atoms with E-state index >= 15 is 0 Å². The van der Waals surface area contributed by atoms with Gasteiger partial charge in [-0.2, -0.15) is 0 Å². The number of pyridine rings is 1. The molecule has 1 unspecified atom stereocenters. The minimum absolute atomic E-state index is 0.319. The van der Waals surface area contributed by atoms with Gasteiger partial charge in [-0.25, -0.2) is 0 Å². The molecule has 178 valence electrons. The molecule has 0 spiro atoms. The minimum Gasteiger partial charge on any atom is -0.490 e. The molecule has 1 atom stereocenters. The van der Waals surface area contributed by atoms with E-state index in [4.69, 9.17) is 9.57 Å². The van der Waals surface area contributed by atoms with Crippen molar-refractivity contribution in [1.29, 1.82) is 0 Å². The van der Waals surface area contributed by atoms with Gasteiger partial charge in [0, 0.05) is 11.8 Å². The average molecular weight is 479 g/mol. The van der Waals surface area contributed by atoms with Gasteiger partial charge in [0.15, 0.2) is 6.61 Å². The lowest BCUT2D eigenvalue weighted by Gasteiger charge is -2.12. The number of aliphatic carboxylic acids is 1. The second-order valence-electron chi connectivity index (χ2n) is 7.70. The maximum atomic E-state index is 11.4. The Hall–Kier alpha value is -3.32. The predicted molar refractivity (Wildman–Crippen MR) is 138 cm³/mol. The number of hydrogen-bond donors (Lipinski definition) is 1. The molecule has 1 N–H and O–H groups in total. The van der Waals surface area contributed by atoms with E-state index in [9.17, 15) is 9.90 Å². The number of rotatable bonds is 13. The van der Waals surface area contributed by atoms with Crippen molar-refractivity contribution in [2.45, 2.75) is 31.9 Å². The number of aromatic nitrogens is 1. The summed E-state index contributed by atoms with van der Waals surface area (Å²) < 4.78 is 5.71. The van der Waals surface area contributed by atoms with Crippen LogP contribution in [0.15, 0.2) is 78.1 Å². The Morgan fingerprint density at radius 3 is 2.47 bits per heavy atom. The number of carbonyl (C=O) groups is 1. The van der Waals surface area contributed by atoms with Crippen molar-refractivity contribution in [3.05, 3.63) is 84.1 Å². The summed E-state index contributed by atoms with van der Waals surface area (Å²) in [6, 6.07) is 21.4. The number of benzene rings is 2. The van der Waals surface area contributed by atoms with Crippen molar-refractivity contribution in [3.63, 3.8) is 0 Å². The van der Waals surface area contributed by atoms with Gasteiger partial charge >= 0.3 is 5.97 Å². The summed E-state index contributed by atoms with van der Waals surface area (Å²) in [5.41, 5.74) is 4.73. The third-order valence-corrected chi connectivity index (χ3v) is 6.47. The van der Waals surface area contributed by atoms with Gasteiger partial charge in [0.05, 0.1) is 11.4 Å². The molecule has 0 fully saturated rings. The highest BCUT2D eigenvalue weighted by atomic mass is 32.2. The Kier molecular flexibility index (Phi) is 9.98. The molecule has 0 aliphatic heterocycles. The predicted octanol–water partition coefficient (Wildman–Crippen LogP) is 5.71. The molecule has 0 amide bonds. The highest BCUT2D eigenvalue weighted by Gasteiger charge is 2.18. The van der Waals surface area contributed by atoms with Crippen LogP contribution in [0.4, 0.5) is 0 Å². The maximum Gasteiger partial charge on any atom is 0.316 e. The summed E-state index contributed by atoms with van der Waals surface area (Å²) in [4.78, 5) is 21.2. The molecule has 34 heavy (non-hydrogen) atoms. The first kappa shape index (κ1) is 25.3. The van der Waals surface area contributed by atoms with Gasteiger partial charge in [0.25, 0.3) is 0 Å². The van der Waals surface area contributed by atoms with Gasteiger partial charge < -0.3 is 14.7 Å². The highest BCUT2D eigenvalue weighted by Crippen LogP contribution is 2.20. The molecule has 0 aliphatic rings. The standard InChI is InChI=1S/C27H30N2O4S/c1-3-18-34-26(27(30)31)19-21-7-13-24(14-8-21)32-16-17-33-29-20(2)22-9-11-23(12-10-22)25-6-4-5-15-28-25/h4-15,26H,3,16-19H2,1-2H3,(H,30,31). The summed E-state index contributed by atoms with van der Waals surface area (Å²) in [6.45, 7) is 4.63. The molecule has 2 aromatic carbocycles. The lowest BCUT2D eigenvalue weighted by atomic mass is 10.1. The normalized spacial score (nSPS) is 12.2. The van der Waals surface area contributed by atoms with E-state index < -0.39 is 11.2 Å². The average Bonchev–Trinajstić information content (AvgIpc) is 2.87. The van der Waals surface area contributed by atoms with Gasteiger partial charge in [-0.3, -0.25) is 9.78 Å². The number of ether oxygens (including phenoxy) is 1. The number of hydrogen-bond acceptors (Lipinski definition) is 6. The number of nitrogens with zero attached hydrogens (tertiary/aromatic N) is 2. The van der Waals surface area contributed by atoms with Crippen LogP contribution in [0.1, 0.15) is 31.4 Å². The van der Waals surface area contributed by atoms with Crippen molar-refractivity contribution in [2.24, 2.45) is 5.16 Å². The molecule has 0 radical (unpaired) electrons. The molecular weight excluding hydrogens is 448 g/mol. The van der Waals surface area contributed by atoms with E-state index in [1.54, 1.807) is 6.20 Å². The van der Waals surface area contributed by atoms with E-state index in [1.807, 2.05) is 73.7 Å². The van der Waals surface area contributed by atoms with Crippen LogP contribution in [-0.4, -0.2) is 46.0 Å². The zero-order valence-electron chi connectivity index (χ0n) is 19.5. The van der Waals surface area contributed by atoms with Gasteiger partial charge in [-0.05, 0) is 60.9 Å². The topological polar surface area (TPSA) is 81.0 Å². The maximum absolute atomic E-state index is 11.4. The van der Waals surface area contributed by atoms with Crippen LogP contribution in [0.2, 0.25) is 0 Å². The van der Waals surface area contributed by atoms with E-state index in [-0.39, 0.29) is 0 Å². The van der Waals surface area contributed by atoms with Gasteiger partial charge in [0.1, 0.15) is 17.6 Å². The first-order valence-electron chi connectivity index (χ1n) is 11.3. The smallest absolute Gasteiger partial charge is 0.316 e. The zero-order chi connectivity index (χ0) is 24.2. The Bertz CT molecular complexity index is 1050. The van der Waals surface area contributed by atoms with Crippen molar-refractivity contribution in [2.75, 3.05) is 19.0 Å². The third-order valence-electron chi connectivity index (χ3n) is 5.05. The quantitative estimate of drug-likeness (QED) is 0.193.